The number of hydrogen-bond acceptors (Lipinski definition) is 5. The van der Waals surface area contributed by atoms with Crippen molar-refractivity contribution >= 4 is 10.8 Å². The van der Waals surface area contributed by atoms with E-state index < -0.39 is 12.0 Å². The smallest absolute Gasteiger partial charge is 0.374 e. The Morgan fingerprint density at radius 1 is 0.969 bits per heavy atom. The number of ether oxygens (including phenoxy) is 1. The van der Waals surface area contributed by atoms with Crippen molar-refractivity contribution in [1.29, 1.82) is 0 Å². The van der Waals surface area contributed by atoms with Gasteiger partial charge in [-0.3, -0.25) is 4.90 Å². The Morgan fingerprint density at radius 2 is 1.81 bits per heavy atom. The van der Waals surface area contributed by atoms with Crippen LogP contribution in [0.3, 0.4) is 0 Å². The van der Waals surface area contributed by atoms with Gasteiger partial charge in [0.2, 0.25) is 0 Å². The van der Waals surface area contributed by atoms with Gasteiger partial charge in [0, 0.05) is 19.3 Å². The molecular weight excluding hydrogens is 421 g/mol. The van der Waals surface area contributed by atoms with Crippen LogP contribution in [0.4, 0.5) is 13.2 Å². The molecule has 10 heteroatoms. The van der Waals surface area contributed by atoms with E-state index in [-0.39, 0.29) is 0 Å². The van der Waals surface area contributed by atoms with Crippen molar-refractivity contribution in [2.45, 2.75) is 25.9 Å². The summed E-state index contributed by atoms with van der Waals surface area (Å²) in [5, 5.41) is 10.5. The number of nitrogens with zero attached hydrogens (tertiary/aromatic N) is 6. The van der Waals surface area contributed by atoms with Crippen molar-refractivity contribution in [2.24, 2.45) is 0 Å². The second-order valence-corrected chi connectivity index (χ2v) is 7.68. The summed E-state index contributed by atoms with van der Waals surface area (Å²) in [5.74, 6) is -0.745. The predicted octanol–water partition coefficient (Wildman–Crippen LogP) is 3.67. The van der Waals surface area contributed by atoms with Crippen LogP contribution in [0.15, 0.2) is 54.7 Å². The zero-order valence-electron chi connectivity index (χ0n) is 17.2. The van der Waals surface area contributed by atoms with Crippen LogP contribution in [0.25, 0.3) is 16.5 Å². The Balaban J connectivity index is 1.12. The maximum Gasteiger partial charge on any atom is 0.453 e. The van der Waals surface area contributed by atoms with Crippen molar-refractivity contribution in [1.82, 2.24) is 29.4 Å². The minimum Gasteiger partial charge on any atom is -0.374 e. The third kappa shape index (κ3) is 4.37. The zero-order chi connectivity index (χ0) is 22.1. The monoisotopic (exact) mass is 442 g/mol. The molecule has 0 radical (unpaired) electrons. The summed E-state index contributed by atoms with van der Waals surface area (Å²) < 4.78 is 47.2. The molecule has 5 rings (SSSR count). The molecule has 7 nitrogen and oxygen atoms in total. The van der Waals surface area contributed by atoms with Crippen LogP contribution in [-0.2, 0) is 30.6 Å². The van der Waals surface area contributed by atoms with Gasteiger partial charge in [-0.25, -0.2) is 14.3 Å². The number of rotatable bonds is 6. The van der Waals surface area contributed by atoms with Gasteiger partial charge in [0.1, 0.15) is 5.82 Å². The average Bonchev–Trinajstić information content (AvgIpc) is 3.43. The Kier molecular flexibility index (Phi) is 5.40. The molecule has 32 heavy (non-hydrogen) atoms. The van der Waals surface area contributed by atoms with Crippen LogP contribution in [-0.4, -0.2) is 49.1 Å². The highest BCUT2D eigenvalue weighted by Gasteiger charge is 2.37. The van der Waals surface area contributed by atoms with Crippen LogP contribution in [0.1, 0.15) is 17.3 Å². The number of aromatic nitrogens is 5. The molecule has 0 unspecified atom stereocenters. The fourth-order valence-electron chi connectivity index (χ4n) is 3.77. The summed E-state index contributed by atoms with van der Waals surface area (Å²) in [6.45, 7) is 2.72. The van der Waals surface area contributed by atoms with Crippen molar-refractivity contribution in [3.05, 3.63) is 72.1 Å². The van der Waals surface area contributed by atoms with Crippen LogP contribution in [0.5, 0.6) is 0 Å². The van der Waals surface area contributed by atoms with Gasteiger partial charge < -0.3 is 4.74 Å². The van der Waals surface area contributed by atoms with Gasteiger partial charge >= 0.3 is 6.18 Å². The van der Waals surface area contributed by atoms with Crippen molar-refractivity contribution in [2.75, 3.05) is 19.7 Å². The number of fused-ring (bicyclic) bond motifs is 2. The molecular formula is C22H21F3N6O. The van der Waals surface area contributed by atoms with Gasteiger partial charge in [-0.15, -0.1) is 5.10 Å². The highest BCUT2D eigenvalue weighted by atomic mass is 19.4. The lowest BCUT2D eigenvalue weighted by Crippen LogP contribution is -2.36. The Morgan fingerprint density at radius 3 is 2.66 bits per heavy atom. The van der Waals surface area contributed by atoms with Gasteiger partial charge in [-0.05, 0) is 29.0 Å². The molecule has 0 saturated heterocycles. The summed E-state index contributed by atoms with van der Waals surface area (Å²) in [7, 11) is 0. The molecule has 1 aliphatic heterocycles. The van der Waals surface area contributed by atoms with Crippen LogP contribution >= 0.6 is 0 Å². The number of halogens is 3. The molecule has 4 aromatic rings. The molecule has 3 heterocycles. The predicted molar refractivity (Wildman–Crippen MR) is 111 cm³/mol. The van der Waals surface area contributed by atoms with E-state index in [0.717, 1.165) is 16.8 Å². The van der Waals surface area contributed by atoms with Crippen molar-refractivity contribution in [3.63, 3.8) is 0 Å². The fraction of sp³-hybridized carbons (Fsp3) is 0.318. The van der Waals surface area contributed by atoms with E-state index in [1.165, 1.54) is 10.1 Å². The van der Waals surface area contributed by atoms with E-state index in [9.17, 15) is 13.2 Å². The van der Waals surface area contributed by atoms with E-state index in [4.69, 9.17) is 4.74 Å². The molecule has 166 valence electrons. The molecule has 0 atom stereocenters. The molecule has 2 aromatic carbocycles. The molecule has 0 aliphatic carbocycles. The van der Waals surface area contributed by atoms with Crippen LogP contribution in [0, 0.1) is 0 Å². The molecule has 0 N–H and O–H groups in total. The van der Waals surface area contributed by atoms with E-state index in [1.807, 2.05) is 40.0 Å². The molecule has 2 aromatic heterocycles. The quantitative estimate of drug-likeness (QED) is 0.427. The van der Waals surface area contributed by atoms with E-state index in [1.54, 1.807) is 0 Å². The van der Waals surface area contributed by atoms with Crippen molar-refractivity contribution in [3.8, 4) is 5.69 Å². The Labute approximate surface area is 182 Å². The average molecular weight is 442 g/mol. The first-order valence-corrected chi connectivity index (χ1v) is 10.3. The SMILES string of the molecule is FC(F)(F)c1nc2n(n1)CCN(CCOCc1ccn(-c3ccc4ccccc4c3)n1)C2. The van der Waals surface area contributed by atoms with E-state index in [2.05, 4.69) is 39.4 Å². The van der Waals surface area contributed by atoms with Gasteiger partial charge in [-0.1, -0.05) is 30.3 Å². The van der Waals surface area contributed by atoms with E-state index >= 15 is 0 Å². The maximum absolute atomic E-state index is 12.8. The first-order chi connectivity index (χ1) is 15.5. The number of hydrogen-bond donors (Lipinski definition) is 0. The molecule has 0 spiro atoms. The highest BCUT2D eigenvalue weighted by Crippen LogP contribution is 2.27. The summed E-state index contributed by atoms with van der Waals surface area (Å²) in [6.07, 6.45) is -2.62. The molecule has 0 fully saturated rings. The number of benzene rings is 2. The standard InChI is InChI=1S/C22H21F3N6O/c23-22(24,25)21-26-20-14-29(9-10-31(20)28-21)11-12-32-15-18-7-8-30(27-18)19-6-5-16-3-1-2-4-17(16)13-19/h1-8,13H,9-12,14-15H2. The van der Waals surface area contributed by atoms with Gasteiger partial charge in [-0.2, -0.15) is 18.3 Å². The van der Waals surface area contributed by atoms with Gasteiger partial charge in [0.05, 0.1) is 37.7 Å². The van der Waals surface area contributed by atoms with Crippen molar-refractivity contribution < 1.29 is 17.9 Å². The minimum absolute atomic E-state index is 0.322. The molecule has 0 amide bonds. The first kappa shape index (κ1) is 20.7. The first-order valence-electron chi connectivity index (χ1n) is 10.3. The summed E-state index contributed by atoms with van der Waals surface area (Å²) in [5.41, 5.74) is 1.79. The lowest BCUT2D eigenvalue weighted by atomic mass is 10.1. The maximum atomic E-state index is 12.8. The fourth-order valence-corrected chi connectivity index (χ4v) is 3.77. The summed E-state index contributed by atoms with van der Waals surface area (Å²) in [6, 6.07) is 16.3. The third-order valence-electron chi connectivity index (χ3n) is 5.44. The Hall–Kier alpha value is -3.24. The lowest BCUT2D eigenvalue weighted by molar-refractivity contribution is -0.145. The molecule has 0 saturated carbocycles. The topological polar surface area (TPSA) is 61.0 Å². The minimum atomic E-state index is -4.52. The second-order valence-electron chi connectivity index (χ2n) is 7.68. The second kappa shape index (κ2) is 8.36. The largest absolute Gasteiger partial charge is 0.453 e. The van der Waals surface area contributed by atoms with Gasteiger partial charge in [0.25, 0.3) is 5.82 Å². The summed E-state index contributed by atoms with van der Waals surface area (Å²) >= 11 is 0. The van der Waals surface area contributed by atoms with Gasteiger partial charge in [0.15, 0.2) is 0 Å². The Bertz CT molecular complexity index is 1230. The van der Waals surface area contributed by atoms with E-state index in [0.29, 0.717) is 45.2 Å². The lowest BCUT2D eigenvalue weighted by Gasteiger charge is -2.26. The zero-order valence-corrected chi connectivity index (χ0v) is 17.2. The molecule has 1 aliphatic rings. The third-order valence-corrected chi connectivity index (χ3v) is 5.44. The number of alkyl halides is 3. The normalized spacial score (nSPS) is 14.7. The van der Waals surface area contributed by atoms with Crippen LogP contribution < -0.4 is 0 Å². The molecule has 0 bridgehead atoms. The van der Waals surface area contributed by atoms with Crippen LogP contribution in [0.2, 0.25) is 0 Å². The summed E-state index contributed by atoms with van der Waals surface area (Å²) in [4.78, 5) is 5.64. The highest BCUT2D eigenvalue weighted by molar-refractivity contribution is 5.84.